The van der Waals surface area contributed by atoms with Gasteiger partial charge >= 0.3 is 0 Å². The van der Waals surface area contributed by atoms with Crippen LogP contribution in [0.1, 0.15) is 48.2 Å². The summed E-state index contributed by atoms with van der Waals surface area (Å²) in [7, 11) is 0. The number of ether oxygens (including phenoxy) is 1. The first-order valence-electron chi connectivity index (χ1n) is 9.90. The zero-order chi connectivity index (χ0) is 20.4. The van der Waals surface area contributed by atoms with Gasteiger partial charge in [0, 0.05) is 29.8 Å². The van der Waals surface area contributed by atoms with E-state index in [0.29, 0.717) is 12.5 Å². The minimum Gasteiger partial charge on any atom is -0.489 e. The lowest BCUT2D eigenvalue weighted by atomic mass is 9.93. The van der Waals surface area contributed by atoms with E-state index in [1.54, 1.807) is 6.08 Å². The topological polar surface area (TPSA) is 66.6 Å². The van der Waals surface area contributed by atoms with Crippen LogP contribution >= 0.6 is 0 Å². The SMILES string of the molecule is C=CC=C1/C(=C\Cc2cnc(C)[nH]2)OCc2cc(-c3cnc(C(C)C)[nH]3)ccc21. The number of allylic oxidation sites excluding steroid dienone is 4. The molecule has 2 aromatic heterocycles. The van der Waals surface area contributed by atoms with E-state index >= 15 is 0 Å². The lowest BCUT2D eigenvalue weighted by Gasteiger charge is -2.24. The molecule has 0 spiro atoms. The Bertz CT molecular complexity index is 1100. The van der Waals surface area contributed by atoms with Crippen molar-refractivity contribution in [2.24, 2.45) is 0 Å². The number of aromatic amines is 2. The molecular formula is C24H26N4O. The number of nitrogens with one attached hydrogen (secondary N) is 2. The Kier molecular flexibility index (Phi) is 5.21. The van der Waals surface area contributed by atoms with Gasteiger partial charge in [-0.2, -0.15) is 0 Å². The summed E-state index contributed by atoms with van der Waals surface area (Å²) in [5, 5.41) is 0. The van der Waals surface area contributed by atoms with E-state index in [1.807, 2.05) is 25.4 Å². The second-order valence-electron chi connectivity index (χ2n) is 7.58. The summed E-state index contributed by atoms with van der Waals surface area (Å²) in [6, 6.07) is 6.47. The predicted molar refractivity (Wildman–Crippen MR) is 116 cm³/mol. The number of H-pyrrole nitrogens is 2. The van der Waals surface area contributed by atoms with Gasteiger partial charge in [0.2, 0.25) is 0 Å². The fourth-order valence-corrected chi connectivity index (χ4v) is 3.52. The molecule has 3 aromatic rings. The number of rotatable bonds is 5. The third-order valence-electron chi connectivity index (χ3n) is 5.04. The monoisotopic (exact) mass is 386 g/mol. The molecule has 1 aliphatic rings. The number of hydrogen-bond donors (Lipinski definition) is 2. The number of imidazole rings is 2. The van der Waals surface area contributed by atoms with Crippen molar-refractivity contribution in [2.45, 2.75) is 39.7 Å². The molecule has 0 fully saturated rings. The summed E-state index contributed by atoms with van der Waals surface area (Å²) >= 11 is 0. The number of hydrogen-bond acceptors (Lipinski definition) is 3. The first-order valence-corrected chi connectivity index (χ1v) is 9.90. The Morgan fingerprint density at radius 2 is 2.07 bits per heavy atom. The van der Waals surface area contributed by atoms with E-state index in [0.717, 1.165) is 51.9 Å². The summed E-state index contributed by atoms with van der Waals surface area (Å²) < 4.78 is 6.12. The quantitative estimate of drug-likeness (QED) is 0.612. The minimum atomic E-state index is 0.373. The van der Waals surface area contributed by atoms with Crippen LogP contribution in [-0.2, 0) is 17.8 Å². The number of aromatic nitrogens is 4. The molecule has 0 radical (unpaired) electrons. The van der Waals surface area contributed by atoms with Gasteiger partial charge in [0.15, 0.2) is 0 Å². The van der Waals surface area contributed by atoms with Gasteiger partial charge in [0.25, 0.3) is 0 Å². The van der Waals surface area contributed by atoms with Crippen molar-refractivity contribution in [2.75, 3.05) is 0 Å². The summed E-state index contributed by atoms with van der Waals surface area (Å²) in [5.74, 6) is 3.17. The average Bonchev–Trinajstić information content (AvgIpc) is 3.36. The summed E-state index contributed by atoms with van der Waals surface area (Å²) in [4.78, 5) is 15.4. The fourth-order valence-electron chi connectivity index (χ4n) is 3.52. The Balaban J connectivity index is 1.64. The molecule has 0 bridgehead atoms. The third kappa shape index (κ3) is 3.94. The average molecular weight is 386 g/mol. The molecule has 3 heterocycles. The van der Waals surface area contributed by atoms with E-state index in [4.69, 9.17) is 4.74 Å². The predicted octanol–water partition coefficient (Wildman–Crippen LogP) is 5.46. The molecule has 29 heavy (non-hydrogen) atoms. The van der Waals surface area contributed by atoms with Crippen LogP contribution in [0.2, 0.25) is 0 Å². The van der Waals surface area contributed by atoms with Crippen molar-refractivity contribution in [1.29, 1.82) is 0 Å². The van der Waals surface area contributed by atoms with E-state index < -0.39 is 0 Å². The normalized spacial score (nSPS) is 16.3. The molecule has 1 aromatic carbocycles. The van der Waals surface area contributed by atoms with Crippen LogP contribution in [0.25, 0.3) is 16.8 Å². The molecular weight excluding hydrogens is 360 g/mol. The zero-order valence-corrected chi connectivity index (χ0v) is 17.1. The Morgan fingerprint density at radius 1 is 1.21 bits per heavy atom. The van der Waals surface area contributed by atoms with Gasteiger partial charge in [-0.05, 0) is 35.8 Å². The zero-order valence-electron chi connectivity index (χ0n) is 17.1. The second kappa shape index (κ2) is 7.95. The first-order chi connectivity index (χ1) is 14.0. The van der Waals surface area contributed by atoms with Crippen molar-refractivity contribution < 1.29 is 4.74 Å². The molecule has 2 N–H and O–H groups in total. The van der Waals surface area contributed by atoms with Crippen molar-refractivity contribution in [3.8, 4) is 11.3 Å². The molecule has 0 aliphatic carbocycles. The van der Waals surface area contributed by atoms with Crippen molar-refractivity contribution in [3.05, 3.63) is 89.6 Å². The summed E-state index contributed by atoms with van der Waals surface area (Å²) in [6.45, 7) is 10.6. The van der Waals surface area contributed by atoms with Crippen LogP contribution in [0.4, 0.5) is 0 Å². The Hall–Kier alpha value is -3.34. The molecule has 0 amide bonds. The highest BCUT2D eigenvalue weighted by Gasteiger charge is 2.20. The van der Waals surface area contributed by atoms with Crippen LogP contribution in [0, 0.1) is 6.92 Å². The van der Waals surface area contributed by atoms with Crippen LogP contribution < -0.4 is 0 Å². The molecule has 0 atom stereocenters. The lowest BCUT2D eigenvalue weighted by Crippen LogP contribution is -2.08. The van der Waals surface area contributed by atoms with Crippen LogP contribution in [-0.4, -0.2) is 19.9 Å². The van der Waals surface area contributed by atoms with Crippen molar-refractivity contribution >= 4 is 5.57 Å². The molecule has 0 saturated carbocycles. The van der Waals surface area contributed by atoms with Crippen molar-refractivity contribution in [1.82, 2.24) is 19.9 Å². The minimum absolute atomic E-state index is 0.373. The van der Waals surface area contributed by atoms with Gasteiger partial charge in [0.1, 0.15) is 24.0 Å². The largest absolute Gasteiger partial charge is 0.489 e. The molecule has 0 saturated heterocycles. The van der Waals surface area contributed by atoms with Gasteiger partial charge in [-0.25, -0.2) is 9.97 Å². The van der Waals surface area contributed by atoms with E-state index in [2.05, 4.69) is 64.6 Å². The fraction of sp³-hybridized carbons (Fsp3) is 0.250. The van der Waals surface area contributed by atoms with Crippen LogP contribution in [0.15, 0.2) is 61.2 Å². The number of nitrogens with zero attached hydrogens (tertiary/aromatic N) is 2. The van der Waals surface area contributed by atoms with E-state index in [9.17, 15) is 0 Å². The van der Waals surface area contributed by atoms with Crippen molar-refractivity contribution in [3.63, 3.8) is 0 Å². The first kappa shape index (κ1) is 19.0. The number of fused-ring (bicyclic) bond motifs is 1. The van der Waals surface area contributed by atoms with Gasteiger partial charge in [-0.1, -0.05) is 44.7 Å². The molecule has 5 heteroatoms. The molecule has 1 aliphatic heterocycles. The van der Waals surface area contributed by atoms with Crippen LogP contribution in [0.3, 0.4) is 0 Å². The highest BCUT2D eigenvalue weighted by molar-refractivity contribution is 5.82. The maximum absolute atomic E-state index is 6.12. The maximum atomic E-state index is 6.12. The summed E-state index contributed by atoms with van der Waals surface area (Å²) in [5.41, 5.74) is 6.60. The number of benzene rings is 1. The maximum Gasteiger partial charge on any atom is 0.124 e. The Morgan fingerprint density at radius 3 is 2.76 bits per heavy atom. The molecule has 4 rings (SSSR count). The smallest absolute Gasteiger partial charge is 0.124 e. The molecule has 148 valence electrons. The highest BCUT2D eigenvalue weighted by atomic mass is 16.5. The van der Waals surface area contributed by atoms with Gasteiger partial charge in [-0.15, -0.1) is 0 Å². The standard InChI is InChI=1S/C24H26N4O/c1-5-6-21-20-9-7-17(22-13-26-24(28-22)15(2)3)11-18(20)14-29-23(21)10-8-19-12-25-16(4)27-19/h5-7,9-13,15H,1,8,14H2,2-4H3,(H,25,27)(H,26,28)/b21-6?,23-10+. The Labute approximate surface area is 171 Å². The number of aryl methyl sites for hydroxylation is 1. The van der Waals surface area contributed by atoms with Gasteiger partial charge in [0.05, 0.1) is 11.9 Å². The van der Waals surface area contributed by atoms with E-state index in [1.165, 1.54) is 5.56 Å². The van der Waals surface area contributed by atoms with Gasteiger partial charge < -0.3 is 14.7 Å². The third-order valence-corrected chi connectivity index (χ3v) is 5.04. The summed E-state index contributed by atoms with van der Waals surface area (Å²) in [6.07, 6.45) is 10.4. The van der Waals surface area contributed by atoms with Crippen LogP contribution in [0.5, 0.6) is 0 Å². The second-order valence-corrected chi connectivity index (χ2v) is 7.58. The lowest BCUT2D eigenvalue weighted by molar-refractivity contribution is 0.207. The van der Waals surface area contributed by atoms with Gasteiger partial charge in [-0.3, -0.25) is 0 Å². The highest BCUT2D eigenvalue weighted by Crippen LogP contribution is 2.36. The molecule has 0 unspecified atom stereocenters. The molecule has 5 nitrogen and oxygen atoms in total. The van der Waals surface area contributed by atoms with E-state index in [-0.39, 0.29) is 0 Å².